The van der Waals surface area contributed by atoms with Crippen molar-refractivity contribution in [1.29, 1.82) is 0 Å². The predicted octanol–water partition coefficient (Wildman–Crippen LogP) is 3.60. The number of rotatable bonds is 7. The van der Waals surface area contributed by atoms with E-state index in [1.54, 1.807) is 37.3 Å². The van der Waals surface area contributed by atoms with E-state index < -0.39 is 16.1 Å². The fourth-order valence-electron chi connectivity index (χ4n) is 4.43. The highest BCUT2D eigenvalue weighted by Gasteiger charge is 2.38. The summed E-state index contributed by atoms with van der Waals surface area (Å²) in [6.07, 6.45) is 2.24. The number of nitrogens with zero attached hydrogens (tertiary/aromatic N) is 2. The van der Waals surface area contributed by atoms with E-state index in [2.05, 4.69) is 11.9 Å². The van der Waals surface area contributed by atoms with Crippen LogP contribution in [0.15, 0.2) is 47.4 Å². The van der Waals surface area contributed by atoms with Gasteiger partial charge in [0.05, 0.1) is 6.61 Å². The number of aliphatic hydroxyl groups is 1. The summed E-state index contributed by atoms with van der Waals surface area (Å²) in [6.45, 7) is 5.30. The Bertz CT molecular complexity index is 1090. The number of hydrogen-bond acceptors (Lipinski definition) is 5. The summed E-state index contributed by atoms with van der Waals surface area (Å²) in [7, 11) is -1.85. The Labute approximate surface area is 196 Å². The highest BCUT2D eigenvalue weighted by Crippen LogP contribution is 2.37. The van der Waals surface area contributed by atoms with Crippen LogP contribution in [-0.4, -0.2) is 68.2 Å². The van der Waals surface area contributed by atoms with Crippen LogP contribution in [-0.2, 0) is 10.0 Å². The van der Waals surface area contributed by atoms with Crippen LogP contribution >= 0.6 is 0 Å². The standard InChI is InChI=1S/C25H33FN2O4S/c1-17-13-28(18(2)16-29)33(30,31)25-11-10-20(21-6-4-5-7-22(21)26)12-23(25)32-24(17)15-27(3)14-19-8-9-19/h4-7,10-12,17-19,24,29H,8-9,13-16H2,1-3H3/t17-,18-,24-/m0/s1. The van der Waals surface area contributed by atoms with Crippen molar-refractivity contribution < 1.29 is 22.7 Å². The molecular weight excluding hydrogens is 443 g/mol. The Hall–Kier alpha value is -2.00. The molecule has 2 aliphatic rings. The number of hydrogen-bond donors (Lipinski definition) is 1. The van der Waals surface area contributed by atoms with Gasteiger partial charge in [0.1, 0.15) is 22.6 Å². The van der Waals surface area contributed by atoms with E-state index in [1.807, 2.05) is 6.92 Å². The topological polar surface area (TPSA) is 70.1 Å². The van der Waals surface area contributed by atoms with Crippen LogP contribution in [0, 0.1) is 17.7 Å². The number of sulfonamides is 1. The molecule has 0 radical (unpaired) electrons. The molecule has 0 bridgehead atoms. The number of benzene rings is 2. The molecule has 33 heavy (non-hydrogen) atoms. The maximum Gasteiger partial charge on any atom is 0.247 e. The molecule has 2 aromatic carbocycles. The lowest BCUT2D eigenvalue weighted by molar-refractivity contribution is 0.0741. The van der Waals surface area contributed by atoms with E-state index in [0.29, 0.717) is 17.7 Å². The molecule has 0 unspecified atom stereocenters. The monoisotopic (exact) mass is 476 g/mol. The molecule has 1 saturated carbocycles. The van der Waals surface area contributed by atoms with Crippen LogP contribution in [0.25, 0.3) is 11.1 Å². The van der Waals surface area contributed by atoms with Gasteiger partial charge in [-0.05, 0) is 56.5 Å². The lowest BCUT2D eigenvalue weighted by atomic mass is 10.0. The maximum absolute atomic E-state index is 14.5. The first-order valence-corrected chi connectivity index (χ1v) is 13.0. The predicted molar refractivity (Wildman–Crippen MR) is 126 cm³/mol. The van der Waals surface area contributed by atoms with Gasteiger partial charge in [0.15, 0.2) is 0 Å². The SMILES string of the molecule is C[C@H]1CN([C@@H](C)CO)S(=O)(=O)c2ccc(-c3ccccc3F)cc2O[C@H]1CN(C)CC1CC1. The van der Waals surface area contributed by atoms with Crippen molar-refractivity contribution in [2.75, 3.05) is 33.3 Å². The van der Waals surface area contributed by atoms with Gasteiger partial charge < -0.3 is 14.7 Å². The van der Waals surface area contributed by atoms with Gasteiger partial charge in [0.25, 0.3) is 0 Å². The van der Waals surface area contributed by atoms with Crippen LogP contribution in [0.3, 0.4) is 0 Å². The van der Waals surface area contributed by atoms with Gasteiger partial charge in [-0.15, -0.1) is 0 Å². The average molecular weight is 477 g/mol. The summed E-state index contributed by atoms with van der Waals surface area (Å²) >= 11 is 0. The second kappa shape index (κ2) is 9.70. The van der Waals surface area contributed by atoms with Crippen LogP contribution < -0.4 is 4.74 Å². The van der Waals surface area contributed by atoms with Crippen molar-refractivity contribution in [2.45, 2.75) is 43.7 Å². The zero-order chi connectivity index (χ0) is 23.8. The van der Waals surface area contributed by atoms with Gasteiger partial charge in [-0.3, -0.25) is 0 Å². The third-order valence-electron chi connectivity index (χ3n) is 6.61. The molecule has 0 spiro atoms. The minimum absolute atomic E-state index is 0.0460. The van der Waals surface area contributed by atoms with Crippen LogP contribution in [0.2, 0.25) is 0 Å². The molecule has 0 amide bonds. The largest absolute Gasteiger partial charge is 0.487 e. The van der Waals surface area contributed by atoms with Gasteiger partial charge in [-0.2, -0.15) is 4.31 Å². The lowest BCUT2D eigenvalue weighted by Gasteiger charge is -2.37. The molecule has 1 heterocycles. The first-order chi connectivity index (χ1) is 15.7. The van der Waals surface area contributed by atoms with Crippen LogP contribution in [0.1, 0.15) is 26.7 Å². The van der Waals surface area contributed by atoms with Gasteiger partial charge >= 0.3 is 0 Å². The molecule has 1 N–H and O–H groups in total. The Morgan fingerprint density at radius 2 is 1.94 bits per heavy atom. The first kappa shape index (κ1) is 24.1. The quantitative estimate of drug-likeness (QED) is 0.661. The number of likely N-dealkylation sites (N-methyl/N-ethyl adjacent to an activating group) is 1. The summed E-state index contributed by atoms with van der Waals surface area (Å²) in [5.41, 5.74) is 0.946. The second-order valence-electron chi connectivity index (χ2n) is 9.55. The average Bonchev–Trinajstić information content (AvgIpc) is 3.59. The molecule has 8 heteroatoms. The van der Waals surface area contributed by atoms with Crippen molar-refractivity contribution in [3.05, 3.63) is 48.3 Å². The van der Waals surface area contributed by atoms with Crippen molar-refractivity contribution in [3.63, 3.8) is 0 Å². The van der Waals surface area contributed by atoms with E-state index in [-0.39, 0.29) is 41.6 Å². The summed E-state index contributed by atoms with van der Waals surface area (Å²) < 4.78 is 49.4. The summed E-state index contributed by atoms with van der Waals surface area (Å²) in [5.74, 6) is 0.462. The Morgan fingerprint density at radius 3 is 2.61 bits per heavy atom. The molecule has 1 fully saturated rings. The second-order valence-corrected chi connectivity index (χ2v) is 11.4. The molecule has 0 aromatic heterocycles. The maximum atomic E-state index is 14.5. The zero-order valence-corrected chi connectivity index (χ0v) is 20.3. The van der Waals surface area contributed by atoms with Crippen LogP contribution in [0.5, 0.6) is 5.75 Å². The minimum Gasteiger partial charge on any atom is -0.487 e. The Kier molecular flexibility index (Phi) is 7.09. The van der Waals surface area contributed by atoms with Crippen molar-refractivity contribution in [3.8, 4) is 16.9 Å². The summed E-state index contributed by atoms with van der Waals surface area (Å²) in [6, 6.07) is 10.6. The summed E-state index contributed by atoms with van der Waals surface area (Å²) in [5, 5.41) is 9.77. The molecule has 4 rings (SSSR count). The smallest absolute Gasteiger partial charge is 0.247 e. The Balaban J connectivity index is 1.76. The third kappa shape index (κ3) is 5.24. The molecule has 1 aliphatic carbocycles. The fraction of sp³-hybridized carbons (Fsp3) is 0.520. The molecule has 3 atom stereocenters. The van der Waals surface area contributed by atoms with E-state index in [1.165, 1.54) is 29.3 Å². The van der Waals surface area contributed by atoms with E-state index >= 15 is 0 Å². The molecule has 1 aliphatic heterocycles. The fourth-order valence-corrected chi connectivity index (χ4v) is 6.26. The normalized spacial score (nSPS) is 23.9. The van der Waals surface area contributed by atoms with Crippen molar-refractivity contribution in [1.82, 2.24) is 9.21 Å². The molecule has 0 saturated heterocycles. The van der Waals surface area contributed by atoms with E-state index in [4.69, 9.17) is 4.74 Å². The summed E-state index contributed by atoms with van der Waals surface area (Å²) in [4.78, 5) is 2.29. The highest BCUT2D eigenvalue weighted by atomic mass is 32.2. The molecule has 180 valence electrons. The highest BCUT2D eigenvalue weighted by molar-refractivity contribution is 7.89. The van der Waals surface area contributed by atoms with Crippen molar-refractivity contribution >= 4 is 10.0 Å². The Morgan fingerprint density at radius 1 is 1.21 bits per heavy atom. The number of halogens is 1. The minimum atomic E-state index is -3.92. The van der Waals surface area contributed by atoms with E-state index in [0.717, 1.165) is 12.5 Å². The number of ether oxygens (including phenoxy) is 1. The lowest BCUT2D eigenvalue weighted by Crippen LogP contribution is -2.49. The van der Waals surface area contributed by atoms with Crippen molar-refractivity contribution in [2.24, 2.45) is 11.8 Å². The first-order valence-electron chi connectivity index (χ1n) is 11.6. The third-order valence-corrected chi connectivity index (χ3v) is 8.63. The van der Waals surface area contributed by atoms with Gasteiger partial charge in [-0.1, -0.05) is 31.2 Å². The van der Waals surface area contributed by atoms with Gasteiger partial charge in [0, 0.05) is 37.2 Å². The van der Waals surface area contributed by atoms with Gasteiger partial charge in [0.2, 0.25) is 10.0 Å². The van der Waals surface area contributed by atoms with E-state index in [9.17, 15) is 17.9 Å². The zero-order valence-electron chi connectivity index (χ0n) is 19.4. The number of fused-ring (bicyclic) bond motifs is 1. The van der Waals surface area contributed by atoms with Crippen LogP contribution in [0.4, 0.5) is 4.39 Å². The van der Waals surface area contributed by atoms with Gasteiger partial charge in [-0.25, -0.2) is 12.8 Å². The molecular formula is C25H33FN2O4S. The number of aliphatic hydroxyl groups excluding tert-OH is 1. The molecule has 2 aromatic rings. The molecule has 6 nitrogen and oxygen atoms in total.